The van der Waals surface area contributed by atoms with Gasteiger partial charge in [0.2, 0.25) is 0 Å². The molecule has 0 saturated carbocycles. The summed E-state index contributed by atoms with van der Waals surface area (Å²) < 4.78 is 41.1. The van der Waals surface area contributed by atoms with E-state index in [0.717, 1.165) is 41.9 Å². The maximum absolute atomic E-state index is 14.2. The monoisotopic (exact) mass is 932 g/mol. The predicted molar refractivity (Wildman–Crippen MR) is 251 cm³/mol. The van der Waals surface area contributed by atoms with E-state index in [1.165, 1.54) is 25.0 Å². The molecule has 0 bridgehead atoms. The van der Waals surface area contributed by atoms with Crippen LogP contribution in [0.1, 0.15) is 72.6 Å². The molecule has 5 heterocycles. The second-order valence-corrected chi connectivity index (χ2v) is 19.2. The number of pyridine rings is 1. The molecule has 0 spiro atoms. The number of amides is 3. The van der Waals surface area contributed by atoms with E-state index < -0.39 is 18.4 Å². The molecule has 350 valence electrons. The maximum Gasteiger partial charge on any atom is 0.412 e. The van der Waals surface area contributed by atoms with E-state index >= 15 is 0 Å². The van der Waals surface area contributed by atoms with Gasteiger partial charge in [0.1, 0.15) is 11.6 Å². The van der Waals surface area contributed by atoms with Crippen LogP contribution in [0.3, 0.4) is 0 Å². The van der Waals surface area contributed by atoms with E-state index in [9.17, 15) is 14.4 Å². The highest BCUT2D eigenvalue weighted by molar-refractivity contribution is 8.76. The van der Waals surface area contributed by atoms with E-state index in [-0.39, 0.29) is 53.6 Å². The number of benzene rings is 2. The third-order valence-corrected chi connectivity index (χ3v) is 14.6. The van der Waals surface area contributed by atoms with Crippen molar-refractivity contribution in [1.29, 1.82) is 0 Å². The highest BCUT2D eigenvalue weighted by Gasteiger charge is 2.45. The zero-order chi connectivity index (χ0) is 46.0. The van der Waals surface area contributed by atoms with Gasteiger partial charge in [0.25, 0.3) is 11.8 Å². The van der Waals surface area contributed by atoms with Crippen molar-refractivity contribution in [3.05, 3.63) is 84.1 Å². The van der Waals surface area contributed by atoms with Crippen molar-refractivity contribution >= 4 is 50.9 Å². The number of nitrogen functional groups attached to an aromatic ring is 2. The first-order valence-corrected chi connectivity index (χ1v) is 24.2. The molecule has 18 heteroatoms. The molecule has 4 saturated heterocycles. The van der Waals surface area contributed by atoms with E-state index in [4.69, 9.17) is 44.6 Å². The third kappa shape index (κ3) is 11.6. The number of carbonyl (C=O) groups is 3. The van der Waals surface area contributed by atoms with E-state index in [1.54, 1.807) is 51.1 Å². The van der Waals surface area contributed by atoms with Crippen LogP contribution in [0.15, 0.2) is 78.0 Å². The Morgan fingerprint density at radius 1 is 0.815 bits per heavy atom. The van der Waals surface area contributed by atoms with Gasteiger partial charge in [-0.15, -0.1) is 0 Å². The van der Waals surface area contributed by atoms with Gasteiger partial charge in [-0.1, -0.05) is 41.2 Å². The zero-order valence-corrected chi connectivity index (χ0v) is 39.0. The van der Waals surface area contributed by atoms with Crippen LogP contribution in [0, 0.1) is 0 Å². The quantitative estimate of drug-likeness (QED) is 0.0529. The van der Waals surface area contributed by atoms with Gasteiger partial charge in [0.05, 0.1) is 69.9 Å². The number of likely N-dealkylation sites (tertiary alicyclic amines) is 2. The number of unbranched alkanes of at least 4 members (excludes halogenated alkanes) is 2. The van der Waals surface area contributed by atoms with Gasteiger partial charge < -0.3 is 54.4 Å². The minimum absolute atomic E-state index is 0.00106. The Morgan fingerprint density at radius 2 is 1.43 bits per heavy atom. The zero-order valence-electron chi connectivity index (χ0n) is 37.4. The molecule has 0 radical (unpaired) electrons. The van der Waals surface area contributed by atoms with E-state index in [1.807, 2.05) is 30.0 Å². The van der Waals surface area contributed by atoms with Crippen molar-refractivity contribution in [3.63, 3.8) is 0 Å². The summed E-state index contributed by atoms with van der Waals surface area (Å²) in [5.41, 5.74) is 15.9. The highest BCUT2D eigenvalue weighted by Crippen LogP contribution is 2.39. The third-order valence-electron chi connectivity index (χ3n) is 11.8. The first kappa shape index (κ1) is 47.7. The van der Waals surface area contributed by atoms with Gasteiger partial charge in [-0.05, 0) is 86.9 Å². The molecule has 5 atom stereocenters. The summed E-state index contributed by atoms with van der Waals surface area (Å²) >= 11 is 0. The number of hydrogen-bond donors (Lipinski definition) is 2. The molecule has 65 heavy (non-hydrogen) atoms. The molecule has 2 aromatic carbocycles. The smallest absolute Gasteiger partial charge is 0.412 e. The lowest BCUT2D eigenvalue weighted by Crippen LogP contribution is -2.51. The van der Waals surface area contributed by atoms with Gasteiger partial charge in [-0.25, -0.2) is 9.78 Å². The normalized spacial score (nSPS) is 21.2. The number of methoxy groups -OCH3 is 2. The number of rotatable bonds is 19. The minimum atomic E-state index is -0.712. The minimum Gasteiger partial charge on any atom is -0.493 e. The van der Waals surface area contributed by atoms with Crippen molar-refractivity contribution in [1.82, 2.24) is 19.7 Å². The summed E-state index contributed by atoms with van der Waals surface area (Å²) in [7, 11) is 6.14. The van der Waals surface area contributed by atoms with E-state index in [2.05, 4.69) is 18.1 Å². The fourth-order valence-corrected chi connectivity index (χ4v) is 10.4. The Balaban J connectivity index is 0.881. The standard InChI is InChI=1S/C47H60N6O10S2/c1-29-20-36(38-12-11-18-59-38)52(26-29)44(54)32-22-39(57-4)41(24-34(32)48)60-16-9-6-10-17-61-42-25-35(49)33(23-40(42)58-5)45(55)53-27-30(2)21-37(53)46-51(15-19-62-46)47(56)63-28-31(3)64-65-43-13-7-8-14-50-43/h7-8,13-14,22-25,31,36-38,46H,1-2,6,9-12,15-21,26-28,48-49H2,3-5H3/t31?,36?,37-,38?,46?/m0/s1. The summed E-state index contributed by atoms with van der Waals surface area (Å²) in [6.07, 6.45) is 5.81. The molecule has 4 aliphatic heterocycles. The number of hydrogen-bond acceptors (Lipinski definition) is 15. The first-order valence-electron chi connectivity index (χ1n) is 22.0. The fourth-order valence-electron chi connectivity index (χ4n) is 8.55. The van der Waals surface area contributed by atoms with Gasteiger partial charge >= 0.3 is 6.09 Å². The first-order chi connectivity index (χ1) is 31.4. The molecule has 7 rings (SSSR count). The molecule has 16 nitrogen and oxygen atoms in total. The van der Waals surface area contributed by atoms with Crippen molar-refractivity contribution in [2.75, 3.05) is 78.4 Å². The van der Waals surface area contributed by atoms with Crippen molar-refractivity contribution in [2.24, 2.45) is 0 Å². The molecule has 3 amide bonds. The average molecular weight is 933 g/mol. The van der Waals surface area contributed by atoms with Crippen LogP contribution in [0.4, 0.5) is 16.2 Å². The van der Waals surface area contributed by atoms with Gasteiger partial charge in [0.15, 0.2) is 29.2 Å². The van der Waals surface area contributed by atoms with E-state index in [0.29, 0.717) is 93.0 Å². The number of nitrogens with two attached hydrogens (primary N) is 2. The SMILES string of the molecule is C=C1CC(C2CCCO2)N(C(=O)c2cc(OC)c(OCCCCCOc3cc(N)c(C(=O)N4CC(=C)C[C@H]4C4OCCN4C(=O)OCC(C)SSc4ccccn4)cc3OC)cc2N)C1. The molecule has 4 unspecified atom stereocenters. The van der Waals surface area contributed by atoms with Gasteiger partial charge in [0, 0.05) is 54.7 Å². The lowest BCUT2D eigenvalue weighted by molar-refractivity contribution is -0.0206. The van der Waals surface area contributed by atoms with Crippen LogP contribution >= 0.6 is 21.6 Å². The summed E-state index contributed by atoms with van der Waals surface area (Å²) in [5.74, 6) is 1.15. The molecule has 3 aromatic rings. The summed E-state index contributed by atoms with van der Waals surface area (Å²) in [6.45, 7) is 13.4. The molecule has 4 aliphatic rings. The number of carbonyl (C=O) groups excluding carboxylic acids is 3. The molecule has 1 aromatic heterocycles. The topological polar surface area (TPSA) is 190 Å². The Hall–Kier alpha value is -5.30. The molecular weight excluding hydrogens is 873 g/mol. The van der Waals surface area contributed by atoms with Crippen molar-refractivity contribution < 1.29 is 47.5 Å². The largest absolute Gasteiger partial charge is 0.493 e. The number of aromatic nitrogens is 1. The van der Waals surface area contributed by atoms with Crippen LogP contribution in [0.25, 0.3) is 0 Å². The van der Waals surface area contributed by atoms with Crippen molar-refractivity contribution in [3.8, 4) is 23.0 Å². The molecule has 4 N–H and O–H groups in total. The number of ether oxygens (including phenoxy) is 7. The van der Waals surface area contributed by atoms with Crippen LogP contribution in [0.5, 0.6) is 23.0 Å². The highest BCUT2D eigenvalue weighted by atomic mass is 33.1. The predicted octanol–water partition coefficient (Wildman–Crippen LogP) is 7.24. The molecule has 4 fully saturated rings. The lowest BCUT2D eigenvalue weighted by Gasteiger charge is -2.33. The molecule has 0 aliphatic carbocycles. The molecular formula is C47H60N6O10S2. The second-order valence-electron chi connectivity index (χ2n) is 16.6. The average Bonchev–Trinajstić information content (AvgIpc) is 4.15. The maximum atomic E-state index is 14.2. The Kier molecular flexibility index (Phi) is 16.3. The summed E-state index contributed by atoms with van der Waals surface area (Å²) in [5, 5.41) is 0.888. The summed E-state index contributed by atoms with van der Waals surface area (Å²) in [6, 6.07) is 11.7. The van der Waals surface area contributed by atoms with Crippen LogP contribution < -0.4 is 30.4 Å². The van der Waals surface area contributed by atoms with Gasteiger partial charge in [-0.3, -0.25) is 14.5 Å². The van der Waals surface area contributed by atoms with Crippen LogP contribution in [-0.4, -0.2) is 134 Å². The second kappa shape index (κ2) is 22.3. The van der Waals surface area contributed by atoms with Gasteiger partial charge in [-0.2, -0.15) is 0 Å². The Morgan fingerprint density at radius 3 is 2.00 bits per heavy atom. The fraction of sp³-hybridized carbons (Fsp3) is 0.489. The lowest BCUT2D eigenvalue weighted by atomic mass is 10.0. The Labute approximate surface area is 388 Å². The van der Waals surface area contributed by atoms with Crippen LogP contribution in [0.2, 0.25) is 0 Å². The number of nitrogens with zero attached hydrogens (tertiary/aromatic N) is 4. The summed E-state index contributed by atoms with van der Waals surface area (Å²) in [4.78, 5) is 50.6. The Bertz CT molecular complexity index is 2190. The number of anilines is 2. The van der Waals surface area contributed by atoms with Crippen molar-refractivity contribution in [2.45, 2.75) is 86.6 Å². The van der Waals surface area contributed by atoms with Crippen LogP contribution in [-0.2, 0) is 14.2 Å².